The number of nitrogens with one attached hydrogen (secondary N) is 1. The monoisotopic (exact) mass is 349 g/mol. The van der Waals surface area contributed by atoms with E-state index in [0.717, 1.165) is 27.1 Å². The standard InChI is InChI=1S/C15H16BrN3S/c1-10-7-11(8-18-12-4-5-12)9-19-14(10)20-15-13(16)3-2-6-17-15/h2-3,6-7,9,12,18H,4-5,8H2,1H3. The summed E-state index contributed by atoms with van der Waals surface area (Å²) in [6.07, 6.45) is 6.39. The molecule has 0 spiro atoms. The Morgan fingerprint density at radius 1 is 1.35 bits per heavy atom. The van der Waals surface area contributed by atoms with E-state index < -0.39 is 0 Å². The molecule has 0 atom stereocenters. The second-order valence-corrected chi connectivity index (χ2v) is 6.85. The molecule has 0 aliphatic heterocycles. The number of aryl methyl sites for hydroxylation is 1. The largest absolute Gasteiger partial charge is 0.310 e. The Labute approximate surface area is 131 Å². The third-order valence-corrected chi connectivity index (χ3v) is 5.22. The molecule has 0 radical (unpaired) electrons. The highest BCUT2D eigenvalue weighted by Crippen LogP contribution is 2.32. The third kappa shape index (κ3) is 3.59. The van der Waals surface area contributed by atoms with E-state index in [2.05, 4.69) is 44.2 Å². The van der Waals surface area contributed by atoms with Crippen LogP contribution in [0.4, 0.5) is 0 Å². The molecule has 1 N–H and O–H groups in total. The maximum Gasteiger partial charge on any atom is 0.116 e. The van der Waals surface area contributed by atoms with E-state index in [1.165, 1.54) is 24.0 Å². The van der Waals surface area contributed by atoms with Crippen LogP contribution in [0.3, 0.4) is 0 Å². The lowest BCUT2D eigenvalue weighted by Gasteiger charge is -2.08. The van der Waals surface area contributed by atoms with Gasteiger partial charge in [-0.1, -0.05) is 6.07 Å². The maximum absolute atomic E-state index is 4.58. The van der Waals surface area contributed by atoms with Crippen molar-refractivity contribution in [3.8, 4) is 0 Å². The van der Waals surface area contributed by atoms with Crippen LogP contribution in [0.5, 0.6) is 0 Å². The Hall–Kier alpha value is -0.910. The molecular weight excluding hydrogens is 334 g/mol. The van der Waals surface area contributed by atoms with Gasteiger partial charge in [0.2, 0.25) is 0 Å². The number of rotatable bonds is 5. The quantitative estimate of drug-likeness (QED) is 0.886. The van der Waals surface area contributed by atoms with Gasteiger partial charge in [-0.05, 0) is 70.7 Å². The number of pyridine rings is 2. The summed E-state index contributed by atoms with van der Waals surface area (Å²) in [5.74, 6) is 0. The Morgan fingerprint density at radius 3 is 2.90 bits per heavy atom. The van der Waals surface area contributed by atoms with Gasteiger partial charge >= 0.3 is 0 Å². The minimum Gasteiger partial charge on any atom is -0.310 e. The molecule has 1 aliphatic carbocycles. The maximum atomic E-state index is 4.58. The summed E-state index contributed by atoms with van der Waals surface area (Å²) in [7, 11) is 0. The highest BCUT2D eigenvalue weighted by Gasteiger charge is 2.20. The molecule has 104 valence electrons. The van der Waals surface area contributed by atoms with Gasteiger partial charge in [0.15, 0.2) is 0 Å². The fourth-order valence-electron chi connectivity index (χ4n) is 1.91. The van der Waals surface area contributed by atoms with Crippen molar-refractivity contribution in [3.63, 3.8) is 0 Å². The van der Waals surface area contributed by atoms with Crippen molar-refractivity contribution in [1.82, 2.24) is 15.3 Å². The van der Waals surface area contributed by atoms with Crippen LogP contribution in [0.1, 0.15) is 24.0 Å². The fourth-order valence-corrected chi connectivity index (χ4v) is 3.20. The molecule has 0 aromatic carbocycles. The van der Waals surface area contributed by atoms with Gasteiger partial charge in [-0.3, -0.25) is 0 Å². The smallest absolute Gasteiger partial charge is 0.116 e. The Balaban J connectivity index is 1.71. The van der Waals surface area contributed by atoms with Crippen LogP contribution in [0.25, 0.3) is 0 Å². The van der Waals surface area contributed by atoms with Gasteiger partial charge in [-0.25, -0.2) is 9.97 Å². The average Bonchev–Trinajstić information content (AvgIpc) is 3.26. The van der Waals surface area contributed by atoms with Crippen molar-refractivity contribution in [2.24, 2.45) is 0 Å². The lowest BCUT2D eigenvalue weighted by molar-refractivity contribution is 0.684. The molecule has 5 heteroatoms. The highest BCUT2D eigenvalue weighted by molar-refractivity contribution is 9.10. The Kier molecular flexibility index (Phi) is 4.38. The zero-order valence-electron chi connectivity index (χ0n) is 11.3. The van der Waals surface area contributed by atoms with E-state index in [4.69, 9.17) is 0 Å². The van der Waals surface area contributed by atoms with Gasteiger partial charge in [-0.2, -0.15) is 0 Å². The molecule has 2 aromatic rings. The highest BCUT2D eigenvalue weighted by atomic mass is 79.9. The normalized spacial score (nSPS) is 14.5. The summed E-state index contributed by atoms with van der Waals surface area (Å²) in [6.45, 7) is 3.02. The third-order valence-electron chi connectivity index (χ3n) is 3.18. The molecule has 0 saturated heterocycles. The molecule has 0 amide bonds. The lowest BCUT2D eigenvalue weighted by Crippen LogP contribution is -2.15. The summed E-state index contributed by atoms with van der Waals surface area (Å²) in [6, 6.07) is 6.86. The summed E-state index contributed by atoms with van der Waals surface area (Å²) in [5.41, 5.74) is 2.45. The number of aromatic nitrogens is 2. The molecule has 0 bridgehead atoms. The molecule has 3 nitrogen and oxygen atoms in total. The first kappa shape index (κ1) is 14.0. The van der Waals surface area contributed by atoms with Gasteiger partial charge in [0.1, 0.15) is 10.1 Å². The van der Waals surface area contributed by atoms with E-state index in [1.807, 2.05) is 18.3 Å². The van der Waals surface area contributed by atoms with Crippen LogP contribution in [-0.2, 0) is 6.54 Å². The molecule has 1 fully saturated rings. The van der Waals surface area contributed by atoms with Crippen molar-refractivity contribution in [3.05, 3.63) is 46.2 Å². The second-order valence-electron chi connectivity index (χ2n) is 5.01. The number of hydrogen-bond donors (Lipinski definition) is 1. The van der Waals surface area contributed by atoms with Crippen LogP contribution in [0.15, 0.2) is 45.1 Å². The van der Waals surface area contributed by atoms with Crippen LogP contribution in [0.2, 0.25) is 0 Å². The average molecular weight is 350 g/mol. The van der Waals surface area contributed by atoms with Crippen molar-refractivity contribution < 1.29 is 0 Å². The summed E-state index contributed by atoms with van der Waals surface area (Å²) in [4.78, 5) is 8.94. The molecule has 2 heterocycles. The first-order valence-corrected chi connectivity index (χ1v) is 8.30. The van der Waals surface area contributed by atoms with Gasteiger partial charge in [0.05, 0.1) is 4.47 Å². The first-order chi connectivity index (χ1) is 9.72. The zero-order valence-corrected chi connectivity index (χ0v) is 13.7. The SMILES string of the molecule is Cc1cc(CNC2CC2)cnc1Sc1ncccc1Br. The Bertz CT molecular complexity index is 614. The fraction of sp³-hybridized carbons (Fsp3) is 0.333. The second kappa shape index (κ2) is 6.24. The number of hydrogen-bond acceptors (Lipinski definition) is 4. The van der Waals surface area contributed by atoms with Gasteiger partial charge < -0.3 is 5.32 Å². The van der Waals surface area contributed by atoms with Crippen molar-refractivity contribution in [1.29, 1.82) is 0 Å². The van der Waals surface area contributed by atoms with E-state index in [-0.39, 0.29) is 0 Å². The predicted octanol–water partition coefficient (Wildman–Crippen LogP) is 3.95. The molecular formula is C15H16BrN3S. The Morgan fingerprint density at radius 2 is 2.20 bits per heavy atom. The first-order valence-electron chi connectivity index (χ1n) is 6.69. The van der Waals surface area contributed by atoms with E-state index >= 15 is 0 Å². The lowest BCUT2D eigenvalue weighted by atomic mass is 10.2. The molecule has 2 aromatic heterocycles. The van der Waals surface area contributed by atoms with Gasteiger partial charge in [0, 0.05) is 25.0 Å². The van der Waals surface area contributed by atoms with Crippen molar-refractivity contribution >= 4 is 27.7 Å². The van der Waals surface area contributed by atoms with E-state index in [9.17, 15) is 0 Å². The van der Waals surface area contributed by atoms with E-state index in [1.54, 1.807) is 18.0 Å². The van der Waals surface area contributed by atoms with Crippen molar-refractivity contribution in [2.75, 3.05) is 0 Å². The molecule has 1 aliphatic rings. The summed E-state index contributed by atoms with van der Waals surface area (Å²) in [5, 5.41) is 5.48. The van der Waals surface area contributed by atoms with Crippen LogP contribution in [-0.4, -0.2) is 16.0 Å². The molecule has 3 rings (SSSR count). The zero-order chi connectivity index (χ0) is 13.9. The molecule has 20 heavy (non-hydrogen) atoms. The van der Waals surface area contributed by atoms with Gasteiger partial charge in [0.25, 0.3) is 0 Å². The van der Waals surface area contributed by atoms with Crippen molar-refractivity contribution in [2.45, 2.75) is 42.4 Å². The molecule has 0 unspecified atom stereocenters. The van der Waals surface area contributed by atoms with E-state index in [0.29, 0.717) is 0 Å². The summed E-state index contributed by atoms with van der Waals surface area (Å²) < 4.78 is 1.01. The summed E-state index contributed by atoms with van der Waals surface area (Å²) >= 11 is 5.12. The topological polar surface area (TPSA) is 37.8 Å². The molecule has 1 saturated carbocycles. The van der Waals surface area contributed by atoms with Crippen LogP contribution < -0.4 is 5.32 Å². The minimum atomic E-state index is 0.730. The van der Waals surface area contributed by atoms with Crippen LogP contribution >= 0.6 is 27.7 Å². The minimum absolute atomic E-state index is 0.730. The number of nitrogens with zero attached hydrogens (tertiary/aromatic N) is 2. The number of halogens is 1. The van der Waals surface area contributed by atoms with Crippen LogP contribution in [0, 0.1) is 6.92 Å². The van der Waals surface area contributed by atoms with Gasteiger partial charge in [-0.15, -0.1) is 0 Å². The predicted molar refractivity (Wildman–Crippen MR) is 84.9 cm³/mol.